The number of azo groups is 1. The van der Waals surface area contributed by atoms with Crippen LogP contribution in [0.25, 0.3) is 0 Å². The van der Waals surface area contributed by atoms with Crippen molar-refractivity contribution < 1.29 is 9.53 Å². The topological polar surface area (TPSA) is 54.0 Å². The van der Waals surface area contributed by atoms with Crippen LogP contribution in [-0.2, 0) is 4.74 Å². The van der Waals surface area contributed by atoms with Crippen LogP contribution >= 0.6 is 0 Å². The number of hydrogen-bond donors (Lipinski definition) is 0. The van der Waals surface area contributed by atoms with Crippen molar-refractivity contribution >= 4 is 6.09 Å². The molecule has 0 N–H and O–H groups in total. The maximum Gasteiger partial charge on any atom is 0.410 e. The van der Waals surface area contributed by atoms with Gasteiger partial charge in [-0.15, -0.1) is 0 Å². The highest BCUT2D eigenvalue weighted by Gasteiger charge is 2.76. The largest absolute Gasteiger partial charge is 0.450 e. The standard InChI is InChI=1S/C13H17N3O2/c1-2-18-13(17)16-11-5-3-6(12(11)16)10-8-4-7(9(5)10)14-15-8/h5-12H,2-4H2,1H3/t5-,6-,7+,8+,9+,10+,11-,12+,16?/m0/s1. The Morgan fingerprint density at radius 1 is 1.17 bits per heavy atom. The first kappa shape index (κ1) is 9.75. The van der Waals surface area contributed by atoms with Crippen LogP contribution in [-0.4, -0.2) is 41.8 Å². The van der Waals surface area contributed by atoms with E-state index in [0.29, 0.717) is 42.6 Å². The Morgan fingerprint density at radius 3 is 2.33 bits per heavy atom. The summed E-state index contributed by atoms with van der Waals surface area (Å²) >= 11 is 0. The van der Waals surface area contributed by atoms with Crippen LogP contribution in [0.5, 0.6) is 0 Å². The van der Waals surface area contributed by atoms with E-state index >= 15 is 0 Å². The molecule has 1 saturated heterocycles. The third-order valence-corrected chi connectivity index (χ3v) is 5.97. The van der Waals surface area contributed by atoms with Gasteiger partial charge in [0.1, 0.15) is 0 Å². The number of amides is 1. The zero-order chi connectivity index (χ0) is 12.0. The Kier molecular flexibility index (Phi) is 1.56. The molecule has 0 spiro atoms. The first-order chi connectivity index (χ1) is 8.81. The predicted octanol–water partition coefficient (Wildman–Crippen LogP) is 1.68. The van der Waals surface area contributed by atoms with Gasteiger partial charge in [-0.05, 0) is 43.4 Å². The summed E-state index contributed by atoms with van der Waals surface area (Å²) in [7, 11) is 0. The molecule has 18 heavy (non-hydrogen) atoms. The lowest BCUT2D eigenvalue weighted by Crippen LogP contribution is -2.33. The van der Waals surface area contributed by atoms with Gasteiger partial charge in [0.25, 0.3) is 0 Å². The molecule has 0 aromatic rings. The first-order valence-electron chi connectivity index (χ1n) is 7.16. The summed E-state index contributed by atoms with van der Waals surface area (Å²) in [4.78, 5) is 13.9. The van der Waals surface area contributed by atoms with E-state index < -0.39 is 0 Å². The normalized spacial score (nSPS) is 56.8. The van der Waals surface area contributed by atoms with Crippen molar-refractivity contribution in [3.8, 4) is 0 Å². The number of hydrogen-bond acceptors (Lipinski definition) is 4. The second-order valence-corrected chi connectivity index (χ2v) is 6.41. The van der Waals surface area contributed by atoms with Crippen molar-refractivity contribution in [2.24, 2.45) is 33.9 Å². The van der Waals surface area contributed by atoms with Crippen LogP contribution in [0.4, 0.5) is 4.79 Å². The summed E-state index contributed by atoms with van der Waals surface area (Å²) < 4.78 is 5.16. The molecule has 5 nitrogen and oxygen atoms in total. The van der Waals surface area contributed by atoms with Gasteiger partial charge in [0.05, 0.1) is 30.8 Å². The van der Waals surface area contributed by atoms with Crippen molar-refractivity contribution in [2.75, 3.05) is 6.61 Å². The van der Waals surface area contributed by atoms with Crippen LogP contribution in [0.1, 0.15) is 19.8 Å². The maximum atomic E-state index is 11.9. The second-order valence-electron chi connectivity index (χ2n) is 6.41. The van der Waals surface area contributed by atoms with Gasteiger partial charge in [-0.1, -0.05) is 0 Å². The molecule has 0 aromatic heterocycles. The Hall–Kier alpha value is -1.13. The lowest BCUT2D eigenvalue weighted by Gasteiger charge is -2.28. The summed E-state index contributed by atoms with van der Waals surface area (Å²) in [6.45, 7) is 2.35. The van der Waals surface area contributed by atoms with Crippen LogP contribution in [0.15, 0.2) is 10.2 Å². The van der Waals surface area contributed by atoms with Crippen molar-refractivity contribution in [3.63, 3.8) is 0 Å². The maximum absolute atomic E-state index is 11.9. The highest BCUT2D eigenvalue weighted by molar-refractivity contribution is 5.73. The third-order valence-electron chi connectivity index (χ3n) is 5.97. The second kappa shape index (κ2) is 2.89. The molecule has 2 aliphatic heterocycles. The predicted molar refractivity (Wildman–Crippen MR) is 62.1 cm³/mol. The van der Waals surface area contributed by atoms with Crippen molar-refractivity contribution in [1.82, 2.24) is 4.90 Å². The molecule has 0 radical (unpaired) electrons. The van der Waals surface area contributed by atoms with Crippen molar-refractivity contribution in [3.05, 3.63) is 0 Å². The Morgan fingerprint density at radius 2 is 1.78 bits per heavy atom. The molecule has 3 saturated carbocycles. The molecule has 5 heteroatoms. The fourth-order valence-electron chi connectivity index (χ4n) is 5.63. The fourth-order valence-corrected chi connectivity index (χ4v) is 5.63. The number of fused-ring (bicyclic) bond motifs is 12. The van der Waals surface area contributed by atoms with Crippen LogP contribution in [0.2, 0.25) is 0 Å². The monoisotopic (exact) mass is 247 g/mol. The Balaban J connectivity index is 1.44. The van der Waals surface area contributed by atoms with Crippen LogP contribution in [0, 0.1) is 23.7 Å². The average Bonchev–Trinajstić information content (AvgIpc) is 2.83. The quantitative estimate of drug-likeness (QED) is 0.523. The minimum Gasteiger partial charge on any atom is -0.450 e. The highest BCUT2D eigenvalue weighted by Crippen LogP contribution is 2.69. The Labute approximate surface area is 106 Å². The van der Waals surface area contributed by atoms with E-state index in [2.05, 4.69) is 10.2 Å². The number of rotatable bonds is 1. The van der Waals surface area contributed by atoms with E-state index in [0.717, 1.165) is 11.8 Å². The lowest BCUT2D eigenvalue weighted by atomic mass is 9.79. The molecule has 4 fully saturated rings. The molecule has 3 aliphatic carbocycles. The molecule has 0 unspecified atom stereocenters. The number of likely N-dealkylation sites (tertiary alicyclic amines) is 1. The van der Waals surface area contributed by atoms with E-state index in [9.17, 15) is 4.79 Å². The highest BCUT2D eigenvalue weighted by atomic mass is 16.6. The molecule has 8 atom stereocenters. The fraction of sp³-hybridized carbons (Fsp3) is 0.923. The van der Waals surface area contributed by atoms with Crippen LogP contribution < -0.4 is 0 Å². The van der Waals surface area contributed by atoms with Crippen molar-refractivity contribution in [2.45, 2.75) is 43.9 Å². The van der Waals surface area contributed by atoms with E-state index in [1.807, 2.05) is 11.8 Å². The zero-order valence-electron chi connectivity index (χ0n) is 10.4. The first-order valence-corrected chi connectivity index (χ1v) is 7.16. The molecule has 5 aliphatic rings. The molecule has 2 heterocycles. The van der Waals surface area contributed by atoms with E-state index in [-0.39, 0.29) is 6.09 Å². The zero-order valence-corrected chi connectivity index (χ0v) is 10.4. The molecular weight excluding hydrogens is 230 g/mol. The van der Waals surface area contributed by atoms with Crippen LogP contribution in [0.3, 0.4) is 0 Å². The van der Waals surface area contributed by atoms with E-state index in [1.54, 1.807) is 0 Å². The summed E-state index contributed by atoms with van der Waals surface area (Å²) in [6.07, 6.45) is 2.39. The molecule has 96 valence electrons. The van der Waals surface area contributed by atoms with Gasteiger partial charge in [0, 0.05) is 0 Å². The van der Waals surface area contributed by atoms with Gasteiger partial charge in [-0.2, -0.15) is 10.2 Å². The van der Waals surface area contributed by atoms with Gasteiger partial charge >= 0.3 is 6.09 Å². The Bertz CT molecular complexity index is 435. The molecular formula is C13H17N3O2. The smallest absolute Gasteiger partial charge is 0.410 e. The average molecular weight is 247 g/mol. The minimum atomic E-state index is -0.0941. The molecule has 4 bridgehead atoms. The van der Waals surface area contributed by atoms with Gasteiger partial charge in [0.15, 0.2) is 0 Å². The van der Waals surface area contributed by atoms with E-state index in [1.165, 1.54) is 12.8 Å². The summed E-state index contributed by atoms with van der Waals surface area (Å²) in [6, 6.07) is 1.90. The van der Waals surface area contributed by atoms with E-state index in [4.69, 9.17) is 4.74 Å². The summed E-state index contributed by atoms with van der Waals surface area (Å²) in [5.41, 5.74) is 0. The van der Waals surface area contributed by atoms with Crippen molar-refractivity contribution in [1.29, 1.82) is 0 Å². The van der Waals surface area contributed by atoms with Gasteiger partial charge in [-0.3, -0.25) is 4.90 Å². The minimum absolute atomic E-state index is 0.0941. The molecule has 1 amide bonds. The number of carbonyl (C=O) groups is 1. The van der Waals surface area contributed by atoms with Gasteiger partial charge < -0.3 is 4.74 Å². The third kappa shape index (κ3) is 0.884. The molecule has 5 rings (SSSR count). The lowest BCUT2D eigenvalue weighted by molar-refractivity contribution is 0.125. The van der Waals surface area contributed by atoms with Gasteiger partial charge in [-0.25, -0.2) is 4.79 Å². The number of piperidine rings is 1. The number of ether oxygens (including phenoxy) is 1. The SMILES string of the molecule is CCOC(=O)N1[C@@H]2[C@H]3C[C@@H]([C@H]4[C@H]3[C@H]3C[C@H]4N=N3)[C@@H]21. The summed E-state index contributed by atoms with van der Waals surface area (Å²) in [5, 5.41) is 8.83. The molecule has 0 aromatic carbocycles. The summed E-state index contributed by atoms with van der Waals surface area (Å²) in [5.74, 6) is 2.81. The van der Waals surface area contributed by atoms with Gasteiger partial charge in [0.2, 0.25) is 0 Å². The number of carbonyl (C=O) groups excluding carboxylic acids is 1. The number of nitrogens with zero attached hydrogens (tertiary/aromatic N) is 3.